The number of anilines is 3. The minimum Gasteiger partial charge on any atom is -0.354 e. The summed E-state index contributed by atoms with van der Waals surface area (Å²) >= 11 is 9.20. The third-order valence-corrected chi connectivity index (χ3v) is 3.48. The first kappa shape index (κ1) is 15.0. The van der Waals surface area contributed by atoms with Crippen LogP contribution in [0.3, 0.4) is 0 Å². The van der Waals surface area contributed by atoms with Gasteiger partial charge in [-0.05, 0) is 47.5 Å². The minimum absolute atomic E-state index is 0.352. The van der Waals surface area contributed by atoms with E-state index in [0.717, 1.165) is 5.56 Å². The van der Waals surface area contributed by atoms with Crippen LogP contribution in [0, 0.1) is 12.7 Å². The van der Waals surface area contributed by atoms with Gasteiger partial charge in [0, 0.05) is 12.2 Å². The molecule has 2 aromatic rings. The van der Waals surface area contributed by atoms with Crippen LogP contribution in [0.2, 0.25) is 5.02 Å². The largest absolute Gasteiger partial charge is 0.354 e. The smallest absolute Gasteiger partial charge is 0.224 e. The number of benzene rings is 1. The Morgan fingerprint density at radius 3 is 2.85 bits per heavy atom. The highest BCUT2D eigenvalue weighted by Crippen LogP contribution is 2.29. The predicted octanol–water partition coefficient (Wildman–Crippen LogP) is 4.52. The van der Waals surface area contributed by atoms with Gasteiger partial charge in [-0.2, -0.15) is 4.98 Å². The van der Waals surface area contributed by atoms with Gasteiger partial charge < -0.3 is 10.6 Å². The summed E-state index contributed by atoms with van der Waals surface area (Å²) in [5.41, 5.74) is 1.48. The van der Waals surface area contributed by atoms with Gasteiger partial charge in [-0.1, -0.05) is 11.6 Å². The van der Waals surface area contributed by atoms with E-state index in [9.17, 15) is 4.39 Å². The van der Waals surface area contributed by atoms with Crippen molar-refractivity contribution >= 4 is 45.0 Å². The maximum absolute atomic E-state index is 13.6. The van der Waals surface area contributed by atoms with E-state index in [1.807, 2.05) is 13.8 Å². The summed E-state index contributed by atoms with van der Waals surface area (Å²) in [6.07, 6.45) is 1.50. The van der Waals surface area contributed by atoms with Crippen molar-refractivity contribution in [1.29, 1.82) is 0 Å². The van der Waals surface area contributed by atoms with Crippen LogP contribution in [0.4, 0.5) is 21.8 Å². The van der Waals surface area contributed by atoms with Crippen LogP contribution < -0.4 is 10.6 Å². The summed E-state index contributed by atoms with van der Waals surface area (Å²) in [6.45, 7) is 4.51. The maximum atomic E-state index is 13.6. The van der Waals surface area contributed by atoms with Crippen LogP contribution >= 0.6 is 27.5 Å². The van der Waals surface area contributed by atoms with Crippen LogP contribution in [-0.4, -0.2) is 16.5 Å². The molecule has 0 bridgehead atoms. The molecule has 0 aliphatic rings. The molecule has 20 heavy (non-hydrogen) atoms. The molecule has 0 amide bonds. The number of hydrogen-bond acceptors (Lipinski definition) is 4. The average molecular weight is 360 g/mol. The number of aromatic nitrogens is 2. The Kier molecular flexibility index (Phi) is 4.77. The third-order valence-electron chi connectivity index (χ3n) is 2.60. The number of halogens is 3. The Labute approximate surface area is 129 Å². The third kappa shape index (κ3) is 3.37. The molecule has 0 unspecified atom stereocenters. The molecule has 7 heteroatoms. The number of rotatable bonds is 4. The zero-order chi connectivity index (χ0) is 14.7. The van der Waals surface area contributed by atoms with Crippen LogP contribution in [0.1, 0.15) is 12.5 Å². The van der Waals surface area contributed by atoms with Crippen molar-refractivity contribution < 1.29 is 4.39 Å². The zero-order valence-corrected chi connectivity index (χ0v) is 13.3. The highest BCUT2D eigenvalue weighted by Gasteiger charge is 2.09. The van der Waals surface area contributed by atoms with Gasteiger partial charge in [-0.15, -0.1) is 0 Å². The van der Waals surface area contributed by atoms with E-state index in [2.05, 4.69) is 36.5 Å². The summed E-state index contributed by atoms with van der Waals surface area (Å²) in [7, 11) is 0. The fourth-order valence-corrected chi connectivity index (χ4v) is 2.20. The van der Waals surface area contributed by atoms with Crippen LogP contribution in [0.5, 0.6) is 0 Å². The zero-order valence-electron chi connectivity index (χ0n) is 11.0. The number of nitrogens with zero attached hydrogens (tertiary/aromatic N) is 2. The van der Waals surface area contributed by atoms with Gasteiger partial charge in [-0.3, -0.25) is 0 Å². The molecule has 0 spiro atoms. The summed E-state index contributed by atoms with van der Waals surface area (Å²) < 4.78 is 14.0. The number of nitrogens with one attached hydrogen (secondary N) is 2. The summed E-state index contributed by atoms with van der Waals surface area (Å²) in [4.78, 5) is 8.30. The van der Waals surface area contributed by atoms with Gasteiger partial charge in [-0.25, -0.2) is 9.37 Å². The van der Waals surface area contributed by atoms with Crippen molar-refractivity contribution in [3.8, 4) is 0 Å². The topological polar surface area (TPSA) is 49.8 Å². The van der Waals surface area contributed by atoms with Gasteiger partial charge in [0.1, 0.15) is 10.8 Å². The molecule has 0 saturated heterocycles. The number of aryl methyl sites for hydroxylation is 1. The van der Waals surface area contributed by atoms with Gasteiger partial charge in [0.05, 0.1) is 10.7 Å². The fraction of sp³-hybridized carbons (Fsp3) is 0.231. The molecule has 1 aromatic heterocycles. The molecule has 0 radical (unpaired) electrons. The lowest BCUT2D eigenvalue weighted by atomic mass is 10.2. The standard InChI is InChI=1S/C13H13BrClFN4/c1-3-17-13-18-6-9(15)12(20-13)19-11-5-10(16)8(14)4-7(11)2/h4-6H,3H2,1-2H3,(H2,17,18,19,20). The molecule has 0 fully saturated rings. The Morgan fingerprint density at radius 1 is 1.40 bits per heavy atom. The van der Waals surface area contributed by atoms with Crippen molar-refractivity contribution in [3.63, 3.8) is 0 Å². The van der Waals surface area contributed by atoms with E-state index < -0.39 is 0 Å². The summed E-state index contributed by atoms with van der Waals surface area (Å²) in [5.74, 6) is 0.548. The molecule has 106 valence electrons. The molecule has 2 N–H and O–H groups in total. The van der Waals surface area contributed by atoms with Crippen LogP contribution in [-0.2, 0) is 0 Å². The maximum Gasteiger partial charge on any atom is 0.224 e. The van der Waals surface area contributed by atoms with Crippen molar-refractivity contribution in [2.45, 2.75) is 13.8 Å². The van der Waals surface area contributed by atoms with E-state index in [1.165, 1.54) is 12.3 Å². The molecule has 0 aliphatic heterocycles. The molecule has 1 heterocycles. The van der Waals surface area contributed by atoms with Crippen LogP contribution in [0.25, 0.3) is 0 Å². The van der Waals surface area contributed by atoms with E-state index in [4.69, 9.17) is 11.6 Å². The molecule has 1 aromatic carbocycles. The van der Waals surface area contributed by atoms with E-state index >= 15 is 0 Å². The normalized spacial score (nSPS) is 10.4. The Bertz CT molecular complexity index is 636. The molecule has 4 nitrogen and oxygen atoms in total. The lowest BCUT2D eigenvalue weighted by Crippen LogP contribution is -2.05. The van der Waals surface area contributed by atoms with Gasteiger partial charge in [0.2, 0.25) is 5.95 Å². The quantitative estimate of drug-likeness (QED) is 0.843. The monoisotopic (exact) mass is 358 g/mol. The van der Waals surface area contributed by atoms with Crippen LogP contribution in [0.15, 0.2) is 22.8 Å². The first-order valence-electron chi connectivity index (χ1n) is 6.00. The second kappa shape index (κ2) is 6.37. The first-order chi connectivity index (χ1) is 9.51. The summed E-state index contributed by atoms with van der Waals surface area (Å²) in [6, 6.07) is 3.09. The minimum atomic E-state index is -0.352. The van der Waals surface area contributed by atoms with Crippen molar-refractivity contribution in [3.05, 3.63) is 39.2 Å². The first-order valence-corrected chi connectivity index (χ1v) is 7.17. The summed E-state index contributed by atoms with van der Waals surface area (Å²) in [5, 5.41) is 6.39. The number of hydrogen-bond donors (Lipinski definition) is 2. The lowest BCUT2D eigenvalue weighted by molar-refractivity contribution is 0.621. The van der Waals surface area contributed by atoms with Crippen molar-refractivity contribution in [2.75, 3.05) is 17.2 Å². The molecular formula is C13H13BrClFN4. The average Bonchev–Trinajstić information content (AvgIpc) is 2.40. The van der Waals surface area contributed by atoms with Gasteiger partial charge in [0.25, 0.3) is 0 Å². The highest BCUT2D eigenvalue weighted by atomic mass is 79.9. The van der Waals surface area contributed by atoms with Gasteiger partial charge in [0.15, 0.2) is 5.82 Å². The van der Waals surface area contributed by atoms with E-state index in [-0.39, 0.29) is 5.82 Å². The fourth-order valence-electron chi connectivity index (χ4n) is 1.61. The second-order valence-electron chi connectivity index (χ2n) is 4.13. The molecule has 0 atom stereocenters. The predicted molar refractivity (Wildman–Crippen MR) is 83.3 cm³/mol. The Balaban J connectivity index is 2.34. The lowest BCUT2D eigenvalue weighted by Gasteiger charge is -2.12. The highest BCUT2D eigenvalue weighted by molar-refractivity contribution is 9.10. The Morgan fingerprint density at radius 2 is 2.15 bits per heavy atom. The van der Waals surface area contributed by atoms with E-state index in [0.29, 0.717) is 33.5 Å². The molecule has 0 saturated carbocycles. The second-order valence-corrected chi connectivity index (χ2v) is 5.39. The SMILES string of the molecule is CCNc1ncc(Cl)c(Nc2cc(F)c(Br)cc2C)n1. The van der Waals surface area contributed by atoms with E-state index in [1.54, 1.807) is 6.07 Å². The van der Waals surface area contributed by atoms with Gasteiger partial charge >= 0.3 is 0 Å². The molecule has 0 aliphatic carbocycles. The van der Waals surface area contributed by atoms with Crippen molar-refractivity contribution in [2.24, 2.45) is 0 Å². The Hall–Kier alpha value is -1.40. The molecular weight excluding hydrogens is 347 g/mol. The van der Waals surface area contributed by atoms with Crippen molar-refractivity contribution in [1.82, 2.24) is 9.97 Å². The molecule has 2 rings (SSSR count).